The van der Waals surface area contributed by atoms with Gasteiger partial charge in [0.1, 0.15) is 5.75 Å². The Morgan fingerprint density at radius 1 is 1.32 bits per heavy atom. The molecule has 0 radical (unpaired) electrons. The van der Waals surface area contributed by atoms with Gasteiger partial charge in [0, 0.05) is 32.9 Å². The molecule has 25 heavy (non-hydrogen) atoms. The van der Waals surface area contributed by atoms with E-state index in [-0.39, 0.29) is 18.1 Å². The highest BCUT2D eigenvalue weighted by Crippen LogP contribution is 2.26. The van der Waals surface area contributed by atoms with Gasteiger partial charge < -0.3 is 15.0 Å². The third kappa shape index (κ3) is 3.85. The van der Waals surface area contributed by atoms with Crippen molar-refractivity contribution in [1.29, 1.82) is 0 Å². The third-order valence-electron chi connectivity index (χ3n) is 4.38. The van der Waals surface area contributed by atoms with E-state index in [0.29, 0.717) is 12.1 Å². The van der Waals surface area contributed by atoms with Crippen LogP contribution < -0.4 is 10.1 Å². The number of rotatable bonds is 4. The van der Waals surface area contributed by atoms with Crippen molar-refractivity contribution in [3.8, 4) is 5.75 Å². The Morgan fingerprint density at radius 3 is 2.64 bits per heavy atom. The van der Waals surface area contributed by atoms with Crippen LogP contribution in [0.1, 0.15) is 41.5 Å². The first-order valence-electron chi connectivity index (χ1n) is 8.74. The van der Waals surface area contributed by atoms with Crippen molar-refractivity contribution in [2.24, 2.45) is 7.05 Å². The van der Waals surface area contributed by atoms with E-state index in [1.807, 2.05) is 57.0 Å². The molecule has 6 nitrogen and oxygen atoms in total. The first kappa shape index (κ1) is 17.5. The molecule has 1 aliphatic heterocycles. The van der Waals surface area contributed by atoms with Crippen LogP contribution in [0.15, 0.2) is 30.5 Å². The van der Waals surface area contributed by atoms with Gasteiger partial charge in [0.2, 0.25) is 0 Å². The SMILES string of the molecule is Cc1nn(C)cc1C(=O)N1CCNC[C@H]1c1ccc(OC(C)C)cc1. The summed E-state index contributed by atoms with van der Waals surface area (Å²) in [5.74, 6) is 0.892. The average molecular weight is 342 g/mol. The Bertz CT molecular complexity index is 736. The van der Waals surface area contributed by atoms with Gasteiger partial charge in [-0.2, -0.15) is 5.10 Å². The molecule has 1 N–H and O–H groups in total. The predicted molar refractivity (Wildman–Crippen MR) is 96.8 cm³/mol. The fraction of sp³-hybridized carbons (Fsp3) is 0.474. The number of piperazine rings is 1. The van der Waals surface area contributed by atoms with Gasteiger partial charge in [-0.05, 0) is 38.5 Å². The topological polar surface area (TPSA) is 59.4 Å². The van der Waals surface area contributed by atoms with E-state index in [1.54, 1.807) is 10.9 Å². The number of aryl methyl sites for hydroxylation is 2. The van der Waals surface area contributed by atoms with Crippen molar-refractivity contribution in [2.75, 3.05) is 19.6 Å². The lowest BCUT2D eigenvalue weighted by Gasteiger charge is -2.36. The lowest BCUT2D eigenvalue weighted by molar-refractivity contribution is 0.0633. The molecule has 1 amide bonds. The first-order valence-corrected chi connectivity index (χ1v) is 8.74. The molecule has 0 spiro atoms. The number of carbonyl (C=O) groups is 1. The van der Waals surface area contributed by atoms with E-state index >= 15 is 0 Å². The molecule has 1 atom stereocenters. The number of nitrogens with one attached hydrogen (secondary N) is 1. The van der Waals surface area contributed by atoms with Crippen LogP contribution in [0.4, 0.5) is 0 Å². The molecule has 1 aliphatic rings. The quantitative estimate of drug-likeness (QED) is 0.926. The van der Waals surface area contributed by atoms with E-state index in [1.165, 1.54) is 0 Å². The smallest absolute Gasteiger partial charge is 0.257 e. The summed E-state index contributed by atoms with van der Waals surface area (Å²) < 4.78 is 7.40. The maximum Gasteiger partial charge on any atom is 0.257 e. The molecule has 134 valence electrons. The number of hydrogen-bond acceptors (Lipinski definition) is 4. The fourth-order valence-corrected chi connectivity index (χ4v) is 3.25. The Morgan fingerprint density at radius 2 is 2.04 bits per heavy atom. The first-order chi connectivity index (χ1) is 12.0. The van der Waals surface area contributed by atoms with Gasteiger partial charge in [-0.1, -0.05) is 12.1 Å². The summed E-state index contributed by atoms with van der Waals surface area (Å²) in [7, 11) is 1.84. The van der Waals surface area contributed by atoms with Gasteiger partial charge in [-0.25, -0.2) is 0 Å². The lowest BCUT2D eigenvalue weighted by Crippen LogP contribution is -2.48. The number of benzene rings is 1. The van der Waals surface area contributed by atoms with Gasteiger partial charge in [0.15, 0.2) is 0 Å². The summed E-state index contributed by atoms with van der Waals surface area (Å²) in [6, 6.07) is 8.05. The summed E-state index contributed by atoms with van der Waals surface area (Å²) in [5, 5.41) is 7.69. The summed E-state index contributed by atoms with van der Waals surface area (Å²) in [6.45, 7) is 8.13. The van der Waals surface area contributed by atoms with Crippen molar-refractivity contribution >= 4 is 5.91 Å². The monoisotopic (exact) mass is 342 g/mol. The van der Waals surface area contributed by atoms with Crippen LogP contribution in [0.2, 0.25) is 0 Å². The molecule has 1 aromatic heterocycles. The molecular weight excluding hydrogens is 316 g/mol. The molecule has 0 unspecified atom stereocenters. The van der Waals surface area contributed by atoms with Gasteiger partial charge in [-0.15, -0.1) is 0 Å². The predicted octanol–water partition coefficient (Wildman–Crippen LogP) is 2.30. The Balaban J connectivity index is 1.83. The van der Waals surface area contributed by atoms with E-state index in [2.05, 4.69) is 10.4 Å². The van der Waals surface area contributed by atoms with Gasteiger partial charge >= 0.3 is 0 Å². The zero-order valence-electron chi connectivity index (χ0n) is 15.3. The second kappa shape index (κ2) is 7.27. The minimum Gasteiger partial charge on any atom is -0.491 e. The summed E-state index contributed by atoms with van der Waals surface area (Å²) >= 11 is 0. The van der Waals surface area contributed by atoms with E-state index < -0.39 is 0 Å². The fourth-order valence-electron chi connectivity index (χ4n) is 3.25. The van der Waals surface area contributed by atoms with Crippen LogP contribution in [0.25, 0.3) is 0 Å². The number of ether oxygens (including phenoxy) is 1. The van der Waals surface area contributed by atoms with Crippen LogP contribution in [0, 0.1) is 6.92 Å². The zero-order chi connectivity index (χ0) is 18.0. The lowest BCUT2D eigenvalue weighted by atomic mass is 10.0. The highest BCUT2D eigenvalue weighted by atomic mass is 16.5. The van der Waals surface area contributed by atoms with Gasteiger partial charge in [0.05, 0.1) is 23.4 Å². The molecule has 0 aliphatic carbocycles. The molecule has 2 aromatic rings. The summed E-state index contributed by atoms with van der Waals surface area (Å²) in [6.07, 6.45) is 1.95. The van der Waals surface area contributed by atoms with E-state index in [0.717, 1.165) is 30.1 Å². The van der Waals surface area contributed by atoms with Crippen LogP contribution in [-0.4, -0.2) is 46.3 Å². The normalized spacial score (nSPS) is 17.8. The molecule has 0 saturated carbocycles. The minimum atomic E-state index is 0.00829. The molecule has 0 bridgehead atoms. The molecule has 1 fully saturated rings. The van der Waals surface area contributed by atoms with Crippen molar-refractivity contribution < 1.29 is 9.53 Å². The van der Waals surface area contributed by atoms with Crippen molar-refractivity contribution in [2.45, 2.75) is 32.9 Å². The maximum atomic E-state index is 13.1. The zero-order valence-corrected chi connectivity index (χ0v) is 15.3. The van der Waals surface area contributed by atoms with Crippen LogP contribution >= 0.6 is 0 Å². The molecule has 3 rings (SSSR count). The second-order valence-corrected chi connectivity index (χ2v) is 6.76. The molecule has 6 heteroatoms. The minimum absolute atomic E-state index is 0.00829. The largest absolute Gasteiger partial charge is 0.491 e. The van der Waals surface area contributed by atoms with Gasteiger partial charge in [0.25, 0.3) is 5.91 Å². The number of nitrogens with zero attached hydrogens (tertiary/aromatic N) is 3. The molecule has 1 aromatic carbocycles. The number of amides is 1. The standard InChI is InChI=1S/C19H26N4O2/c1-13(2)25-16-7-5-15(6-8-16)18-11-20-9-10-23(18)19(24)17-12-22(4)21-14(17)3/h5-8,12-13,18,20H,9-11H2,1-4H3/t18-/m0/s1. The Hall–Kier alpha value is -2.34. The average Bonchev–Trinajstić information content (AvgIpc) is 2.93. The molecule has 1 saturated heterocycles. The Labute approximate surface area is 148 Å². The van der Waals surface area contributed by atoms with Crippen LogP contribution in [0.5, 0.6) is 5.75 Å². The number of hydrogen-bond donors (Lipinski definition) is 1. The second-order valence-electron chi connectivity index (χ2n) is 6.76. The van der Waals surface area contributed by atoms with Gasteiger partial charge in [-0.3, -0.25) is 9.48 Å². The van der Waals surface area contributed by atoms with Crippen molar-refractivity contribution in [3.63, 3.8) is 0 Å². The van der Waals surface area contributed by atoms with Crippen molar-refractivity contribution in [3.05, 3.63) is 47.3 Å². The summed E-state index contributed by atoms with van der Waals surface area (Å²) in [4.78, 5) is 15.0. The summed E-state index contributed by atoms with van der Waals surface area (Å²) in [5.41, 5.74) is 2.55. The van der Waals surface area contributed by atoms with E-state index in [9.17, 15) is 4.79 Å². The highest BCUT2D eigenvalue weighted by Gasteiger charge is 2.30. The van der Waals surface area contributed by atoms with Crippen molar-refractivity contribution in [1.82, 2.24) is 20.0 Å². The molecule has 2 heterocycles. The van der Waals surface area contributed by atoms with Crippen LogP contribution in [-0.2, 0) is 7.05 Å². The Kier molecular flexibility index (Phi) is 5.08. The number of carbonyl (C=O) groups excluding carboxylic acids is 1. The van der Waals surface area contributed by atoms with E-state index in [4.69, 9.17) is 4.74 Å². The third-order valence-corrected chi connectivity index (χ3v) is 4.38. The molecular formula is C19H26N4O2. The van der Waals surface area contributed by atoms with Crippen LogP contribution in [0.3, 0.4) is 0 Å². The maximum absolute atomic E-state index is 13.1. The number of aromatic nitrogens is 2. The highest BCUT2D eigenvalue weighted by molar-refractivity contribution is 5.95.